The van der Waals surface area contributed by atoms with Crippen LogP contribution in [0.4, 0.5) is 5.69 Å². The first-order valence-electron chi connectivity index (χ1n) is 9.23. The van der Waals surface area contributed by atoms with Crippen molar-refractivity contribution in [3.05, 3.63) is 29.8 Å². The molecule has 1 unspecified atom stereocenters. The molecule has 1 atom stereocenters. The molecule has 0 fully saturated rings. The standard InChI is InChI=1S/C19H32N4O3S/c1-6-20-19(22-15(4)11-12-27(5,25)26)21-13-16-7-9-17(10-8-16)23-18(24)14(2)3/h7-10,14-15H,6,11-13H2,1-5H3,(H,23,24)(H2,20,21,22). The Hall–Kier alpha value is -2.09. The number of hydrogen-bond acceptors (Lipinski definition) is 4. The van der Waals surface area contributed by atoms with Crippen LogP contribution in [0.2, 0.25) is 0 Å². The summed E-state index contributed by atoms with van der Waals surface area (Å²) in [6.07, 6.45) is 1.76. The van der Waals surface area contributed by atoms with Gasteiger partial charge in [0.1, 0.15) is 9.84 Å². The van der Waals surface area contributed by atoms with Gasteiger partial charge < -0.3 is 16.0 Å². The van der Waals surface area contributed by atoms with Gasteiger partial charge in [-0.2, -0.15) is 0 Å². The zero-order valence-electron chi connectivity index (χ0n) is 16.9. The number of benzene rings is 1. The summed E-state index contributed by atoms with van der Waals surface area (Å²) in [5.41, 5.74) is 1.78. The maximum absolute atomic E-state index is 11.7. The number of nitrogens with one attached hydrogen (secondary N) is 3. The number of anilines is 1. The molecule has 0 heterocycles. The monoisotopic (exact) mass is 396 g/mol. The second-order valence-electron chi connectivity index (χ2n) is 7.00. The topological polar surface area (TPSA) is 99.7 Å². The highest BCUT2D eigenvalue weighted by Crippen LogP contribution is 2.11. The van der Waals surface area contributed by atoms with Gasteiger partial charge in [-0.15, -0.1) is 0 Å². The number of nitrogens with zero attached hydrogens (tertiary/aromatic N) is 1. The molecule has 1 rings (SSSR count). The number of guanidine groups is 1. The van der Waals surface area contributed by atoms with Crippen molar-refractivity contribution < 1.29 is 13.2 Å². The van der Waals surface area contributed by atoms with Gasteiger partial charge in [0.25, 0.3) is 0 Å². The molecule has 0 aliphatic carbocycles. The van der Waals surface area contributed by atoms with Crippen LogP contribution in [0.15, 0.2) is 29.3 Å². The Kier molecular flexibility index (Phi) is 9.28. The molecule has 3 N–H and O–H groups in total. The Balaban J connectivity index is 2.65. The van der Waals surface area contributed by atoms with Crippen LogP contribution in [0.25, 0.3) is 0 Å². The number of aliphatic imine (C=N–C) groups is 1. The van der Waals surface area contributed by atoms with Gasteiger partial charge in [-0.25, -0.2) is 13.4 Å². The van der Waals surface area contributed by atoms with Crippen molar-refractivity contribution in [1.29, 1.82) is 0 Å². The molecular formula is C19H32N4O3S. The lowest BCUT2D eigenvalue weighted by molar-refractivity contribution is -0.118. The fourth-order valence-corrected chi connectivity index (χ4v) is 2.95. The first-order valence-corrected chi connectivity index (χ1v) is 11.3. The first-order chi connectivity index (χ1) is 12.6. The molecule has 1 aromatic carbocycles. The van der Waals surface area contributed by atoms with E-state index in [0.717, 1.165) is 11.3 Å². The maximum Gasteiger partial charge on any atom is 0.226 e. The zero-order valence-corrected chi connectivity index (χ0v) is 17.7. The summed E-state index contributed by atoms with van der Waals surface area (Å²) in [6, 6.07) is 7.57. The fourth-order valence-electron chi connectivity index (χ4n) is 2.17. The molecule has 0 radical (unpaired) electrons. The molecule has 0 saturated heterocycles. The zero-order chi connectivity index (χ0) is 20.4. The molecule has 0 spiro atoms. The predicted molar refractivity (Wildman–Crippen MR) is 112 cm³/mol. The summed E-state index contributed by atoms with van der Waals surface area (Å²) in [5, 5.41) is 9.25. The molecule has 27 heavy (non-hydrogen) atoms. The van der Waals surface area contributed by atoms with Crippen LogP contribution in [0.1, 0.15) is 39.7 Å². The fraction of sp³-hybridized carbons (Fsp3) is 0.579. The van der Waals surface area contributed by atoms with E-state index in [0.29, 0.717) is 25.5 Å². The summed E-state index contributed by atoms with van der Waals surface area (Å²) >= 11 is 0. The SMILES string of the molecule is CCNC(=NCc1ccc(NC(=O)C(C)C)cc1)NC(C)CCS(C)(=O)=O. The van der Waals surface area contributed by atoms with Crippen LogP contribution in [-0.2, 0) is 21.2 Å². The molecule has 0 aliphatic heterocycles. The summed E-state index contributed by atoms with van der Waals surface area (Å²) < 4.78 is 22.6. The van der Waals surface area contributed by atoms with Crippen molar-refractivity contribution in [3.8, 4) is 0 Å². The van der Waals surface area contributed by atoms with Gasteiger partial charge >= 0.3 is 0 Å². The molecule has 7 nitrogen and oxygen atoms in total. The van der Waals surface area contributed by atoms with E-state index in [1.165, 1.54) is 6.26 Å². The normalized spacial score (nSPS) is 13.3. The third kappa shape index (κ3) is 9.98. The van der Waals surface area contributed by atoms with Crippen LogP contribution < -0.4 is 16.0 Å². The third-order valence-corrected chi connectivity index (χ3v) is 4.79. The highest BCUT2D eigenvalue weighted by atomic mass is 32.2. The number of rotatable bonds is 9. The van der Waals surface area contributed by atoms with E-state index < -0.39 is 9.84 Å². The van der Waals surface area contributed by atoms with Crippen LogP contribution in [0, 0.1) is 5.92 Å². The largest absolute Gasteiger partial charge is 0.357 e. The van der Waals surface area contributed by atoms with Crippen LogP contribution in [-0.4, -0.2) is 44.9 Å². The Morgan fingerprint density at radius 3 is 2.30 bits per heavy atom. The van der Waals surface area contributed by atoms with E-state index in [9.17, 15) is 13.2 Å². The van der Waals surface area contributed by atoms with Gasteiger partial charge in [-0.3, -0.25) is 4.79 Å². The number of carbonyl (C=O) groups is 1. The minimum Gasteiger partial charge on any atom is -0.357 e. The third-order valence-electron chi connectivity index (χ3n) is 3.81. The average molecular weight is 397 g/mol. The molecule has 152 valence electrons. The van der Waals surface area contributed by atoms with Crippen molar-refractivity contribution in [2.45, 2.75) is 46.7 Å². The van der Waals surface area contributed by atoms with Gasteiger partial charge in [0, 0.05) is 30.4 Å². The number of sulfone groups is 1. The quantitative estimate of drug-likeness (QED) is 0.439. The van der Waals surface area contributed by atoms with E-state index >= 15 is 0 Å². The minimum absolute atomic E-state index is 0.00820. The van der Waals surface area contributed by atoms with Crippen LogP contribution >= 0.6 is 0 Å². The van der Waals surface area contributed by atoms with Crippen molar-refractivity contribution >= 4 is 27.4 Å². The van der Waals surface area contributed by atoms with Gasteiger partial charge in [0.2, 0.25) is 5.91 Å². The maximum atomic E-state index is 11.7. The van der Waals surface area contributed by atoms with E-state index in [1.54, 1.807) is 0 Å². The second-order valence-corrected chi connectivity index (χ2v) is 9.26. The Morgan fingerprint density at radius 1 is 1.15 bits per heavy atom. The number of hydrogen-bond donors (Lipinski definition) is 3. The lowest BCUT2D eigenvalue weighted by Gasteiger charge is -2.17. The molecule has 1 amide bonds. The van der Waals surface area contributed by atoms with Gasteiger partial charge in [-0.05, 0) is 38.0 Å². The first kappa shape index (κ1) is 23.0. The minimum atomic E-state index is -2.97. The summed E-state index contributed by atoms with van der Waals surface area (Å²) in [7, 11) is -2.97. The number of amides is 1. The van der Waals surface area contributed by atoms with Gasteiger partial charge in [0.15, 0.2) is 5.96 Å². The Morgan fingerprint density at radius 2 is 1.78 bits per heavy atom. The second kappa shape index (κ2) is 10.9. The lowest BCUT2D eigenvalue weighted by Crippen LogP contribution is -2.42. The molecule has 8 heteroatoms. The van der Waals surface area contributed by atoms with Crippen LogP contribution in [0.3, 0.4) is 0 Å². The predicted octanol–water partition coefficient (Wildman–Crippen LogP) is 2.16. The highest BCUT2D eigenvalue weighted by molar-refractivity contribution is 7.90. The lowest BCUT2D eigenvalue weighted by atomic mass is 10.1. The van der Waals surface area contributed by atoms with E-state index in [1.807, 2.05) is 52.0 Å². The van der Waals surface area contributed by atoms with Gasteiger partial charge in [0.05, 0.1) is 12.3 Å². The van der Waals surface area contributed by atoms with Crippen molar-refractivity contribution in [1.82, 2.24) is 10.6 Å². The molecule has 0 aromatic heterocycles. The number of carbonyl (C=O) groups excluding carboxylic acids is 1. The van der Waals surface area contributed by atoms with E-state index in [4.69, 9.17) is 0 Å². The Bertz CT molecular complexity index is 728. The molecule has 0 aliphatic rings. The van der Waals surface area contributed by atoms with Gasteiger partial charge in [-0.1, -0.05) is 26.0 Å². The average Bonchev–Trinajstić information content (AvgIpc) is 2.58. The molecule has 1 aromatic rings. The molecule has 0 saturated carbocycles. The van der Waals surface area contributed by atoms with Crippen molar-refractivity contribution in [2.24, 2.45) is 10.9 Å². The molecular weight excluding hydrogens is 364 g/mol. The smallest absolute Gasteiger partial charge is 0.226 e. The summed E-state index contributed by atoms with van der Waals surface area (Å²) in [4.78, 5) is 16.3. The summed E-state index contributed by atoms with van der Waals surface area (Å²) in [5.74, 6) is 0.718. The molecule has 0 bridgehead atoms. The van der Waals surface area contributed by atoms with Crippen molar-refractivity contribution in [3.63, 3.8) is 0 Å². The summed E-state index contributed by atoms with van der Waals surface area (Å²) in [6.45, 7) is 8.81. The van der Waals surface area contributed by atoms with E-state index in [2.05, 4.69) is 20.9 Å². The van der Waals surface area contributed by atoms with Crippen LogP contribution in [0.5, 0.6) is 0 Å². The Labute approximate surface area is 163 Å². The van der Waals surface area contributed by atoms with Crippen molar-refractivity contribution in [2.75, 3.05) is 23.9 Å². The highest BCUT2D eigenvalue weighted by Gasteiger charge is 2.10. The van der Waals surface area contributed by atoms with E-state index in [-0.39, 0.29) is 23.6 Å².